The number of nitrogens with one attached hydrogen (secondary N) is 4. The topological polar surface area (TPSA) is 244 Å². The Bertz CT molecular complexity index is 1310. The van der Waals surface area contributed by atoms with E-state index in [4.69, 9.17) is 5.73 Å². The van der Waals surface area contributed by atoms with Crippen molar-refractivity contribution < 1.29 is 44.4 Å². The van der Waals surface area contributed by atoms with E-state index < -0.39 is 65.4 Å². The molecule has 10 N–H and O–H groups in total. The molecule has 1 saturated heterocycles. The van der Waals surface area contributed by atoms with Crippen LogP contribution in [-0.4, -0.2) is 105 Å². The summed E-state index contributed by atoms with van der Waals surface area (Å²) in [6.07, 6.45) is 4.09. The number of phenolic OH excluding ortho intramolecular Hbond substituents is 2. The standard InChI is InChI=1S/C32H50N6O9/c1-18(29(43)38-14-8-11-24(38)31(46)47)35-27(41)21(9-4-6-12-33)34-13-7-5-10-22(30(44)45)36-28(42)23-15-19-16-25(39)26(40)17-20(19)32(2,3)37-23/h16-18,21-24,34,37,39-40H,4-15,33H2,1-3H3,(H,35,41)(H,36,42)(H,44,45)(H,46,47)/t18-,21-,22+,23-,24-/m0/s1. The Labute approximate surface area is 274 Å². The van der Waals surface area contributed by atoms with Crippen LogP contribution in [0.3, 0.4) is 0 Å². The minimum Gasteiger partial charge on any atom is -0.504 e. The monoisotopic (exact) mass is 662 g/mol. The summed E-state index contributed by atoms with van der Waals surface area (Å²) in [5.41, 5.74) is 6.30. The van der Waals surface area contributed by atoms with Crippen LogP contribution in [0.1, 0.15) is 83.3 Å². The number of fused-ring (bicyclic) bond motifs is 1. The first kappa shape index (κ1) is 37.5. The number of carboxylic acids is 2. The Morgan fingerprint density at radius 1 is 1.00 bits per heavy atom. The van der Waals surface area contributed by atoms with E-state index >= 15 is 0 Å². The smallest absolute Gasteiger partial charge is 0.326 e. The van der Waals surface area contributed by atoms with E-state index in [0.29, 0.717) is 70.1 Å². The molecule has 0 aliphatic carbocycles. The average molecular weight is 663 g/mol. The lowest BCUT2D eigenvalue weighted by atomic mass is 9.81. The van der Waals surface area contributed by atoms with Gasteiger partial charge in [0.05, 0.1) is 12.1 Å². The molecule has 1 fully saturated rings. The zero-order valence-electron chi connectivity index (χ0n) is 27.4. The molecule has 0 unspecified atom stereocenters. The van der Waals surface area contributed by atoms with Crippen LogP contribution in [0.25, 0.3) is 0 Å². The number of carbonyl (C=O) groups excluding carboxylic acids is 3. The van der Waals surface area contributed by atoms with Gasteiger partial charge in [-0.2, -0.15) is 0 Å². The number of phenols is 2. The van der Waals surface area contributed by atoms with Gasteiger partial charge in [0, 0.05) is 12.1 Å². The molecule has 0 bridgehead atoms. The normalized spacial score (nSPS) is 20.5. The molecule has 1 aromatic carbocycles. The largest absolute Gasteiger partial charge is 0.504 e. The molecule has 15 nitrogen and oxygen atoms in total. The third kappa shape index (κ3) is 10.0. The van der Waals surface area contributed by atoms with Crippen molar-refractivity contribution in [2.75, 3.05) is 19.6 Å². The third-order valence-corrected chi connectivity index (χ3v) is 8.89. The highest BCUT2D eigenvalue weighted by Crippen LogP contribution is 2.37. The predicted octanol–water partition coefficient (Wildman–Crippen LogP) is 0.254. The van der Waals surface area contributed by atoms with E-state index in [-0.39, 0.29) is 24.3 Å². The number of carbonyl (C=O) groups is 5. The average Bonchev–Trinajstić information content (AvgIpc) is 3.50. The first-order chi connectivity index (χ1) is 22.2. The van der Waals surface area contributed by atoms with Crippen LogP contribution >= 0.6 is 0 Å². The van der Waals surface area contributed by atoms with Gasteiger partial charge in [0.2, 0.25) is 17.7 Å². The highest BCUT2D eigenvalue weighted by molar-refractivity contribution is 5.92. The van der Waals surface area contributed by atoms with Gasteiger partial charge >= 0.3 is 11.9 Å². The van der Waals surface area contributed by atoms with E-state index in [9.17, 15) is 44.4 Å². The first-order valence-corrected chi connectivity index (χ1v) is 16.3. The minimum atomic E-state index is -1.18. The van der Waals surface area contributed by atoms with Crippen LogP contribution in [-0.2, 0) is 35.9 Å². The van der Waals surface area contributed by atoms with Crippen molar-refractivity contribution in [3.05, 3.63) is 23.3 Å². The Hall–Kier alpha value is -3.95. The number of carboxylic acid groups (broad SMARTS) is 2. The number of hydrogen-bond donors (Lipinski definition) is 9. The van der Waals surface area contributed by atoms with Gasteiger partial charge in [0.1, 0.15) is 18.1 Å². The lowest BCUT2D eigenvalue weighted by Gasteiger charge is -2.39. The zero-order valence-corrected chi connectivity index (χ0v) is 27.4. The Kier molecular flexibility index (Phi) is 13.4. The second kappa shape index (κ2) is 16.7. The van der Waals surface area contributed by atoms with Gasteiger partial charge in [0.25, 0.3) is 0 Å². The molecule has 15 heteroatoms. The van der Waals surface area contributed by atoms with Crippen molar-refractivity contribution in [1.29, 1.82) is 0 Å². The van der Waals surface area contributed by atoms with Gasteiger partial charge in [-0.1, -0.05) is 6.42 Å². The number of rotatable bonds is 17. The number of hydrogen-bond acceptors (Lipinski definition) is 10. The van der Waals surface area contributed by atoms with E-state index in [2.05, 4.69) is 21.3 Å². The molecule has 0 radical (unpaired) electrons. The summed E-state index contributed by atoms with van der Waals surface area (Å²) in [7, 11) is 0. The molecule has 5 atom stereocenters. The minimum absolute atomic E-state index is 0.153. The van der Waals surface area contributed by atoms with Crippen molar-refractivity contribution in [3.8, 4) is 11.5 Å². The highest BCUT2D eigenvalue weighted by atomic mass is 16.4. The van der Waals surface area contributed by atoms with Crippen LogP contribution < -0.4 is 27.0 Å². The second-order valence-electron chi connectivity index (χ2n) is 13.0. The summed E-state index contributed by atoms with van der Waals surface area (Å²) in [5.74, 6) is -4.13. The molecule has 2 aliphatic heterocycles. The summed E-state index contributed by atoms with van der Waals surface area (Å²) < 4.78 is 0. The van der Waals surface area contributed by atoms with E-state index in [0.717, 1.165) is 5.56 Å². The highest BCUT2D eigenvalue weighted by Gasteiger charge is 2.38. The molecular weight excluding hydrogens is 612 g/mol. The number of unbranched alkanes of at least 4 members (excludes halogenated alkanes) is 2. The SMILES string of the molecule is C[C@H](NC(=O)[C@H](CCCCN)NCCCC[C@@H](NC(=O)[C@@H]1Cc2cc(O)c(O)cc2C(C)(C)N1)C(=O)O)C(=O)N1CCC[C@H]1C(=O)O. The summed E-state index contributed by atoms with van der Waals surface area (Å²) in [5, 5.41) is 50.8. The van der Waals surface area contributed by atoms with Gasteiger partial charge in [-0.3, -0.25) is 19.7 Å². The summed E-state index contributed by atoms with van der Waals surface area (Å²) in [4.78, 5) is 64.0. The molecule has 262 valence electrons. The van der Waals surface area contributed by atoms with Gasteiger partial charge in [0.15, 0.2) is 11.5 Å². The molecule has 2 aliphatic rings. The number of likely N-dealkylation sites (tertiary alicyclic amines) is 1. The van der Waals surface area contributed by atoms with Crippen LogP contribution in [0.2, 0.25) is 0 Å². The van der Waals surface area contributed by atoms with E-state index in [1.807, 2.05) is 13.8 Å². The van der Waals surface area contributed by atoms with Crippen molar-refractivity contribution >= 4 is 29.7 Å². The molecule has 3 amide bonds. The van der Waals surface area contributed by atoms with Crippen molar-refractivity contribution in [3.63, 3.8) is 0 Å². The molecule has 3 rings (SSSR count). The van der Waals surface area contributed by atoms with Crippen molar-refractivity contribution in [2.45, 2.75) is 114 Å². The molecule has 0 spiro atoms. The lowest BCUT2D eigenvalue weighted by molar-refractivity contribution is -0.149. The van der Waals surface area contributed by atoms with Crippen LogP contribution in [0.4, 0.5) is 0 Å². The Balaban J connectivity index is 1.51. The van der Waals surface area contributed by atoms with Crippen LogP contribution in [0.15, 0.2) is 12.1 Å². The fourth-order valence-electron chi connectivity index (χ4n) is 6.32. The number of nitrogens with zero attached hydrogens (tertiary/aromatic N) is 1. The molecule has 1 aromatic rings. The lowest BCUT2D eigenvalue weighted by Crippen LogP contribution is -2.57. The van der Waals surface area contributed by atoms with Gasteiger partial charge in [-0.25, -0.2) is 9.59 Å². The van der Waals surface area contributed by atoms with Gasteiger partial charge < -0.3 is 47.0 Å². The predicted molar refractivity (Wildman–Crippen MR) is 172 cm³/mol. The molecular formula is C32H50N6O9. The Morgan fingerprint density at radius 3 is 2.32 bits per heavy atom. The molecule has 0 aromatic heterocycles. The van der Waals surface area contributed by atoms with E-state index in [1.54, 1.807) is 0 Å². The fraction of sp³-hybridized carbons (Fsp3) is 0.656. The first-order valence-electron chi connectivity index (χ1n) is 16.3. The van der Waals surface area contributed by atoms with Crippen molar-refractivity contribution in [2.24, 2.45) is 5.73 Å². The second-order valence-corrected chi connectivity index (χ2v) is 13.0. The van der Waals surface area contributed by atoms with Crippen molar-refractivity contribution in [1.82, 2.24) is 26.2 Å². The van der Waals surface area contributed by atoms with E-state index in [1.165, 1.54) is 24.0 Å². The quantitative estimate of drug-likeness (QED) is 0.0806. The summed E-state index contributed by atoms with van der Waals surface area (Å²) >= 11 is 0. The maximum Gasteiger partial charge on any atom is 0.326 e. The van der Waals surface area contributed by atoms with Crippen LogP contribution in [0, 0.1) is 0 Å². The van der Waals surface area contributed by atoms with Gasteiger partial charge in [-0.05, 0) is 108 Å². The number of aliphatic carboxylic acids is 2. The number of nitrogens with two attached hydrogens (primary N) is 1. The summed E-state index contributed by atoms with van der Waals surface area (Å²) in [6.45, 7) is 6.35. The summed E-state index contributed by atoms with van der Waals surface area (Å²) in [6, 6.07) is -1.46. The molecule has 0 saturated carbocycles. The maximum atomic E-state index is 13.1. The fourth-order valence-corrected chi connectivity index (χ4v) is 6.32. The maximum absolute atomic E-state index is 13.1. The molecule has 2 heterocycles. The Morgan fingerprint density at radius 2 is 1.66 bits per heavy atom. The van der Waals surface area contributed by atoms with Gasteiger partial charge in [-0.15, -0.1) is 0 Å². The molecule has 47 heavy (non-hydrogen) atoms. The number of benzene rings is 1. The zero-order chi connectivity index (χ0) is 34.9. The number of aromatic hydroxyl groups is 2. The third-order valence-electron chi connectivity index (χ3n) is 8.89. The van der Waals surface area contributed by atoms with Crippen LogP contribution in [0.5, 0.6) is 11.5 Å². The number of amides is 3.